The lowest BCUT2D eigenvalue weighted by Crippen LogP contribution is -2.40. The van der Waals surface area contributed by atoms with Gasteiger partial charge >= 0.3 is 0 Å². The second kappa shape index (κ2) is 4.51. The van der Waals surface area contributed by atoms with E-state index in [4.69, 9.17) is 17.3 Å². The predicted octanol–water partition coefficient (Wildman–Crippen LogP) is 1.19. The highest BCUT2D eigenvalue weighted by molar-refractivity contribution is 8.00. The average molecular weight is 230 g/mol. The van der Waals surface area contributed by atoms with Crippen LogP contribution in [0.1, 0.15) is 0 Å². The minimum absolute atomic E-state index is 0.000943. The Kier molecular flexibility index (Phi) is 3.30. The van der Waals surface area contributed by atoms with Crippen molar-refractivity contribution in [2.75, 3.05) is 6.54 Å². The van der Waals surface area contributed by atoms with Gasteiger partial charge in [0, 0.05) is 16.5 Å². The van der Waals surface area contributed by atoms with E-state index in [1.807, 2.05) is 24.3 Å². The zero-order chi connectivity index (χ0) is 9.97. The molecule has 0 aliphatic carbocycles. The van der Waals surface area contributed by atoms with Gasteiger partial charge in [0.2, 0.25) is 0 Å². The average Bonchev–Trinajstić information content (AvgIpc) is 2.52. The molecule has 14 heavy (non-hydrogen) atoms. The maximum Gasteiger partial charge on any atom is 0.0815 e. The van der Waals surface area contributed by atoms with Gasteiger partial charge in [0.05, 0.1) is 11.4 Å². The van der Waals surface area contributed by atoms with Crippen molar-refractivity contribution >= 4 is 23.4 Å². The van der Waals surface area contributed by atoms with Crippen molar-refractivity contribution in [2.24, 2.45) is 5.73 Å². The fraction of sp³-hybridized carbons (Fsp3) is 0.333. The van der Waals surface area contributed by atoms with Gasteiger partial charge in [-0.2, -0.15) is 0 Å². The highest BCUT2D eigenvalue weighted by Gasteiger charge is 2.23. The molecule has 2 atom stereocenters. The molecule has 76 valence electrons. The molecule has 5 heteroatoms. The molecule has 0 bridgehead atoms. The summed E-state index contributed by atoms with van der Waals surface area (Å²) in [5, 5.41) is 1.12. The SMILES string of the molecule is NC1NNCC1Sc1cccc(Cl)c1. The Labute approximate surface area is 92.4 Å². The molecule has 0 aromatic heterocycles. The van der Waals surface area contributed by atoms with E-state index in [-0.39, 0.29) is 6.17 Å². The van der Waals surface area contributed by atoms with Gasteiger partial charge in [0.1, 0.15) is 0 Å². The minimum atomic E-state index is -0.000943. The van der Waals surface area contributed by atoms with Crippen molar-refractivity contribution in [1.82, 2.24) is 10.9 Å². The molecule has 4 N–H and O–H groups in total. The van der Waals surface area contributed by atoms with Crippen molar-refractivity contribution in [2.45, 2.75) is 16.3 Å². The smallest absolute Gasteiger partial charge is 0.0815 e. The Morgan fingerprint density at radius 1 is 1.50 bits per heavy atom. The van der Waals surface area contributed by atoms with E-state index in [9.17, 15) is 0 Å². The van der Waals surface area contributed by atoms with Gasteiger partial charge in [0.25, 0.3) is 0 Å². The quantitative estimate of drug-likeness (QED) is 0.713. The van der Waals surface area contributed by atoms with Gasteiger partial charge in [-0.05, 0) is 18.2 Å². The molecule has 2 rings (SSSR count). The zero-order valence-electron chi connectivity index (χ0n) is 7.53. The van der Waals surface area contributed by atoms with Crippen LogP contribution in [0.5, 0.6) is 0 Å². The van der Waals surface area contributed by atoms with Crippen molar-refractivity contribution < 1.29 is 0 Å². The van der Waals surface area contributed by atoms with Gasteiger partial charge in [-0.25, -0.2) is 5.43 Å². The van der Waals surface area contributed by atoms with Gasteiger partial charge in [-0.15, -0.1) is 11.8 Å². The second-order valence-electron chi connectivity index (χ2n) is 3.16. The molecule has 1 fully saturated rings. The van der Waals surface area contributed by atoms with E-state index in [0.717, 1.165) is 16.5 Å². The van der Waals surface area contributed by atoms with E-state index >= 15 is 0 Å². The number of nitrogens with one attached hydrogen (secondary N) is 2. The maximum absolute atomic E-state index is 5.89. The van der Waals surface area contributed by atoms with Crippen LogP contribution in [0, 0.1) is 0 Å². The Morgan fingerprint density at radius 2 is 2.36 bits per heavy atom. The minimum Gasteiger partial charge on any atom is -0.314 e. The van der Waals surface area contributed by atoms with Crippen LogP contribution in [0.2, 0.25) is 5.02 Å². The number of rotatable bonds is 2. The monoisotopic (exact) mass is 229 g/mol. The highest BCUT2D eigenvalue weighted by atomic mass is 35.5. The van der Waals surface area contributed by atoms with E-state index in [2.05, 4.69) is 10.9 Å². The van der Waals surface area contributed by atoms with Crippen LogP contribution in [0.4, 0.5) is 0 Å². The summed E-state index contributed by atoms with van der Waals surface area (Å²) in [5.74, 6) is 0. The van der Waals surface area contributed by atoms with Crippen LogP contribution in [0.15, 0.2) is 29.2 Å². The maximum atomic E-state index is 5.89. The number of hydrogen-bond acceptors (Lipinski definition) is 4. The Bertz CT molecular complexity index is 321. The van der Waals surface area contributed by atoms with Crippen LogP contribution in [-0.2, 0) is 0 Å². The van der Waals surface area contributed by atoms with Crippen LogP contribution < -0.4 is 16.6 Å². The number of halogens is 1. The molecule has 0 amide bonds. The lowest BCUT2D eigenvalue weighted by molar-refractivity contribution is 0.577. The van der Waals surface area contributed by atoms with Crippen molar-refractivity contribution in [3.8, 4) is 0 Å². The molecule has 1 saturated heterocycles. The van der Waals surface area contributed by atoms with Gasteiger partial charge < -0.3 is 5.73 Å². The number of nitrogens with two attached hydrogens (primary N) is 1. The van der Waals surface area contributed by atoms with E-state index in [0.29, 0.717) is 5.25 Å². The molecule has 0 spiro atoms. The summed E-state index contributed by atoms with van der Waals surface area (Å²) in [5.41, 5.74) is 11.8. The summed E-state index contributed by atoms with van der Waals surface area (Å²) < 4.78 is 0. The van der Waals surface area contributed by atoms with E-state index in [1.54, 1.807) is 11.8 Å². The standard InChI is InChI=1S/C9H12ClN3S/c10-6-2-1-3-7(4-6)14-8-5-12-13-9(8)11/h1-4,8-9,12-13H,5,11H2. The van der Waals surface area contributed by atoms with Gasteiger partial charge in [0.15, 0.2) is 0 Å². The predicted molar refractivity (Wildman–Crippen MR) is 60.2 cm³/mol. The topological polar surface area (TPSA) is 50.1 Å². The molecule has 1 aromatic rings. The second-order valence-corrected chi connectivity index (χ2v) is 4.91. The largest absolute Gasteiger partial charge is 0.314 e. The van der Waals surface area contributed by atoms with E-state index in [1.165, 1.54) is 0 Å². The number of hydrogen-bond donors (Lipinski definition) is 3. The van der Waals surface area contributed by atoms with Crippen molar-refractivity contribution in [1.29, 1.82) is 0 Å². The first-order valence-corrected chi connectivity index (χ1v) is 5.67. The summed E-state index contributed by atoms with van der Waals surface area (Å²) in [7, 11) is 0. The number of thioether (sulfide) groups is 1. The zero-order valence-corrected chi connectivity index (χ0v) is 9.11. The highest BCUT2D eigenvalue weighted by Crippen LogP contribution is 2.27. The molecule has 3 nitrogen and oxygen atoms in total. The van der Waals surface area contributed by atoms with E-state index < -0.39 is 0 Å². The molecule has 0 radical (unpaired) electrons. The molecule has 0 saturated carbocycles. The molecular weight excluding hydrogens is 218 g/mol. The van der Waals surface area contributed by atoms with Gasteiger partial charge in [-0.1, -0.05) is 17.7 Å². The molecule has 1 heterocycles. The Balaban J connectivity index is 2.03. The summed E-state index contributed by atoms with van der Waals surface area (Å²) in [6.07, 6.45) is -0.000943. The summed E-state index contributed by atoms with van der Waals surface area (Å²) in [4.78, 5) is 1.16. The number of hydrazine groups is 1. The van der Waals surface area contributed by atoms with Gasteiger partial charge in [-0.3, -0.25) is 5.43 Å². The lowest BCUT2D eigenvalue weighted by atomic mass is 10.4. The summed E-state index contributed by atoms with van der Waals surface area (Å²) in [6.45, 7) is 0.873. The first-order chi connectivity index (χ1) is 6.75. The summed E-state index contributed by atoms with van der Waals surface area (Å²) in [6, 6.07) is 7.82. The number of benzene rings is 1. The molecule has 1 aliphatic rings. The summed E-state index contributed by atoms with van der Waals surface area (Å²) >= 11 is 7.63. The molecule has 1 aliphatic heterocycles. The van der Waals surface area contributed by atoms with Crippen LogP contribution in [0.25, 0.3) is 0 Å². The van der Waals surface area contributed by atoms with Crippen molar-refractivity contribution in [3.05, 3.63) is 29.3 Å². The Morgan fingerprint density at radius 3 is 3.00 bits per heavy atom. The Hall–Kier alpha value is -0.260. The first-order valence-electron chi connectivity index (χ1n) is 4.42. The van der Waals surface area contributed by atoms with Crippen molar-refractivity contribution in [3.63, 3.8) is 0 Å². The van der Waals surface area contributed by atoms with Crippen LogP contribution in [0.3, 0.4) is 0 Å². The third kappa shape index (κ3) is 2.40. The first kappa shape index (κ1) is 10.3. The normalized spacial score (nSPS) is 26.7. The molecular formula is C9H12ClN3S. The third-order valence-corrected chi connectivity index (χ3v) is 3.58. The fourth-order valence-electron chi connectivity index (χ4n) is 1.33. The molecule has 1 aromatic carbocycles. The molecule has 2 unspecified atom stereocenters. The van der Waals surface area contributed by atoms with Crippen LogP contribution in [-0.4, -0.2) is 18.0 Å². The van der Waals surface area contributed by atoms with Crippen LogP contribution >= 0.6 is 23.4 Å². The lowest BCUT2D eigenvalue weighted by Gasteiger charge is -2.12. The fourth-order valence-corrected chi connectivity index (χ4v) is 2.67. The third-order valence-electron chi connectivity index (χ3n) is 2.06.